The molecule has 0 aliphatic carbocycles. The van der Waals surface area contributed by atoms with E-state index in [1.807, 2.05) is 0 Å². The molecule has 0 amide bonds. The van der Waals surface area contributed by atoms with Crippen LogP contribution >= 0.6 is 0 Å². The molecule has 19 heavy (non-hydrogen) atoms. The minimum Gasteiger partial charge on any atom is -0.857 e. The van der Waals surface area contributed by atoms with Gasteiger partial charge in [0.25, 0.3) is 0 Å². The molecular formula is C8H2F6NO3S-. The second kappa shape index (κ2) is 4.72. The van der Waals surface area contributed by atoms with E-state index in [9.17, 15) is 39.9 Å². The van der Waals surface area contributed by atoms with Crippen molar-refractivity contribution < 1.29 is 39.9 Å². The largest absolute Gasteiger partial charge is 0.857 e. The lowest BCUT2D eigenvalue weighted by atomic mass is 10.2. The minimum absolute atomic E-state index is 0.00790. The summed E-state index contributed by atoms with van der Waals surface area (Å²) >= 11 is 0. The van der Waals surface area contributed by atoms with E-state index in [1.165, 1.54) is 0 Å². The highest BCUT2D eigenvalue weighted by atomic mass is 32.2. The molecule has 106 valence electrons. The summed E-state index contributed by atoms with van der Waals surface area (Å²) in [5, 5.41) is 11.0. The van der Waals surface area contributed by atoms with Crippen molar-refractivity contribution in [3.63, 3.8) is 0 Å². The van der Waals surface area contributed by atoms with Gasteiger partial charge in [-0.3, -0.25) is 0 Å². The zero-order valence-corrected chi connectivity index (χ0v) is 9.32. The van der Waals surface area contributed by atoms with E-state index < -0.39 is 44.4 Å². The van der Waals surface area contributed by atoms with Crippen LogP contribution < -0.4 is 5.11 Å². The molecule has 0 saturated carbocycles. The molecule has 0 atom stereocenters. The van der Waals surface area contributed by atoms with Gasteiger partial charge >= 0.3 is 15.5 Å². The van der Waals surface area contributed by atoms with Gasteiger partial charge in [0.05, 0.1) is 5.56 Å². The van der Waals surface area contributed by atoms with Crippen LogP contribution in [0.4, 0.5) is 26.3 Å². The van der Waals surface area contributed by atoms with Crippen LogP contribution in [-0.4, -0.2) is 19.8 Å². The summed E-state index contributed by atoms with van der Waals surface area (Å²) in [4.78, 5) is 0. The molecule has 0 radical (unpaired) electrons. The lowest BCUT2D eigenvalue weighted by Crippen LogP contribution is -2.28. The highest BCUT2D eigenvalue weighted by molar-refractivity contribution is 7.91. The number of hydrogen-bond acceptors (Lipinski definition) is 3. The third-order valence-corrected chi connectivity index (χ3v) is 2.71. The van der Waals surface area contributed by atoms with Gasteiger partial charge in [-0.15, -0.1) is 0 Å². The van der Waals surface area contributed by atoms with Gasteiger partial charge in [0.15, 0.2) is 0 Å². The lowest BCUT2D eigenvalue weighted by molar-refractivity contribution is -0.212. The number of rotatable bonds is 2. The lowest BCUT2D eigenvalue weighted by Gasteiger charge is -2.13. The highest BCUT2D eigenvalue weighted by Crippen LogP contribution is 2.25. The molecule has 1 rings (SSSR count). The van der Waals surface area contributed by atoms with E-state index in [0.29, 0.717) is 0 Å². The summed E-state index contributed by atoms with van der Waals surface area (Å²) in [6.07, 6.45) is 0. The average Bonchev–Trinajstić information content (AvgIpc) is 2.12. The first-order valence-electron chi connectivity index (χ1n) is 4.19. The topological polar surface area (TPSA) is 69.6 Å². The fourth-order valence-corrected chi connectivity index (χ4v) is 1.37. The Labute approximate surface area is 102 Å². The summed E-state index contributed by atoms with van der Waals surface area (Å²) in [6, 6.07) is -0.0158. The van der Waals surface area contributed by atoms with Crippen LogP contribution in [0.5, 0.6) is 0 Å². The normalized spacial score (nSPS) is 13.7. The van der Waals surface area contributed by atoms with Crippen LogP contribution in [0, 0.1) is 17.5 Å². The Hall–Kier alpha value is -1.78. The standard InChI is InChI=1S/C8H3F6NO3S/c9-3-1-4(10)6(5(11)2-3)7(16)15-19(17,18)8(12,13)14/h1-2H,(H,15,16)/p-1. The molecule has 1 aromatic carbocycles. The molecule has 0 aliphatic heterocycles. The molecule has 0 spiro atoms. The maximum absolute atomic E-state index is 13.0. The molecular weight excluding hydrogens is 304 g/mol. The number of hydrogen-bond donors (Lipinski definition) is 0. The monoisotopic (exact) mass is 306 g/mol. The Morgan fingerprint density at radius 2 is 1.53 bits per heavy atom. The molecule has 0 heterocycles. The SMILES string of the molecule is O=S(=O)(/N=C(\[O-])c1c(F)cc(F)cc1F)C(F)(F)F. The van der Waals surface area contributed by atoms with Gasteiger partial charge < -0.3 is 5.11 Å². The molecule has 0 bridgehead atoms. The zero-order chi connectivity index (χ0) is 15.0. The molecule has 0 N–H and O–H groups in total. The molecule has 1 aromatic rings. The summed E-state index contributed by atoms with van der Waals surface area (Å²) in [7, 11) is -6.24. The van der Waals surface area contributed by atoms with Crippen molar-refractivity contribution in [2.75, 3.05) is 0 Å². The third kappa shape index (κ3) is 3.16. The van der Waals surface area contributed by atoms with Crippen molar-refractivity contribution in [3.8, 4) is 0 Å². The summed E-state index contributed by atoms with van der Waals surface area (Å²) < 4.78 is 96.8. The fraction of sp³-hybridized carbons (Fsp3) is 0.125. The molecule has 0 saturated heterocycles. The second-order valence-corrected chi connectivity index (χ2v) is 4.66. The Bertz CT molecular complexity index is 613. The molecule has 11 heteroatoms. The average molecular weight is 306 g/mol. The van der Waals surface area contributed by atoms with Gasteiger partial charge in [0.1, 0.15) is 17.5 Å². The Balaban J connectivity index is 3.41. The van der Waals surface area contributed by atoms with Crippen LogP contribution in [0.25, 0.3) is 0 Å². The third-order valence-electron chi connectivity index (χ3n) is 1.72. The van der Waals surface area contributed by atoms with Crippen molar-refractivity contribution in [3.05, 3.63) is 35.1 Å². The van der Waals surface area contributed by atoms with Crippen molar-refractivity contribution >= 4 is 15.9 Å². The Morgan fingerprint density at radius 1 is 1.11 bits per heavy atom. The maximum Gasteiger partial charge on any atom is 0.518 e. The first kappa shape index (κ1) is 15.3. The van der Waals surface area contributed by atoms with Crippen molar-refractivity contribution in [2.45, 2.75) is 5.51 Å². The Kier molecular flexibility index (Phi) is 3.79. The van der Waals surface area contributed by atoms with Gasteiger partial charge in [0, 0.05) is 18.0 Å². The number of alkyl halides is 3. The summed E-state index contributed by atoms with van der Waals surface area (Å²) in [5.41, 5.74) is -7.59. The second-order valence-electron chi connectivity index (χ2n) is 3.06. The van der Waals surface area contributed by atoms with Gasteiger partial charge in [-0.05, 0) is 0 Å². The minimum atomic E-state index is -6.24. The Morgan fingerprint density at radius 3 is 1.89 bits per heavy atom. The predicted molar refractivity (Wildman–Crippen MR) is 47.8 cm³/mol. The number of halogens is 6. The highest BCUT2D eigenvalue weighted by Gasteiger charge is 2.45. The van der Waals surface area contributed by atoms with Gasteiger partial charge in [-0.1, -0.05) is 0 Å². The maximum atomic E-state index is 13.0. The van der Waals surface area contributed by atoms with Crippen molar-refractivity contribution in [1.29, 1.82) is 0 Å². The van der Waals surface area contributed by atoms with Crippen molar-refractivity contribution in [1.82, 2.24) is 0 Å². The number of nitrogens with zero attached hydrogens (tertiary/aromatic N) is 1. The number of benzene rings is 1. The fourth-order valence-electron chi connectivity index (χ4n) is 0.953. The van der Waals surface area contributed by atoms with E-state index >= 15 is 0 Å². The first-order valence-corrected chi connectivity index (χ1v) is 5.63. The smallest absolute Gasteiger partial charge is 0.518 e. The van der Waals surface area contributed by atoms with E-state index in [4.69, 9.17) is 0 Å². The van der Waals surface area contributed by atoms with Crippen LogP contribution in [-0.2, 0) is 10.0 Å². The van der Waals surface area contributed by atoms with Gasteiger partial charge in [0.2, 0.25) is 0 Å². The predicted octanol–water partition coefficient (Wildman–Crippen LogP) is 1.06. The molecule has 0 unspecified atom stereocenters. The van der Waals surface area contributed by atoms with Crippen LogP contribution in [0.1, 0.15) is 5.56 Å². The van der Waals surface area contributed by atoms with Crippen molar-refractivity contribution in [2.24, 2.45) is 4.40 Å². The zero-order valence-electron chi connectivity index (χ0n) is 8.50. The van der Waals surface area contributed by atoms with Crippen LogP contribution in [0.2, 0.25) is 0 Å². The van der Waals surface area contributed by atoms with Crippen LogP contribution in [0.3, 0.4) is 0 Å². The van der Waals surface area contributed by atoms with E-state index in [1.54, 1.807) is 4.40 Å². The van der Waals surface area contributed by atoms with Gasteiger partial charge in [-0.25, -0.2) is 13.2 Å². The van der Waals surface area contributed by atoms with Crippen LogP contribution in [0.15, 0.2) is 16.5 Å². The quantitative estimate of drug-likeness (QED) is 0.466. The van der Waals surface area contributed by atoms with Gasteiger partial charge in [-0.2, -0.15) is 26.0 Å². The van der Waals surface area contributed by atoms with E-state index in [2.05, 4.69) is 0 Å². The van der Waals surface area contributed by atoms with E-state index in [0.717, 1.165) is 0 Å². The summed E-state index contributed by atoms with van der Waals surface area (Å²) in [6.45, 7) is 0. The molecule has 4 nitrogen and oxygen atoms in total. The molecule has 0 aliphatic rings. The summed E-state index contributed by atoms with van der Waals surface area (Å²) in [5.74, 6) is -7.51. The van der Waals surface area contributed by atoms with E-state index in [-0.39, 0.29) is 12.1 Å². The molecule has 0 aromatic heterocycles. The molecule has 0 fully saturated rings. The first-order chi connectivity index (χ1) is 8.45. The number of sulfonamides is 1.